The van der Waals surface area contributed by atoms with Crippen molar-refractivity contribution in [1.29, 1.82) is 0 Å². The molecule has 0 aromatic heterocycles. The number of carbonyl (C=O) groups excluding carboxylic acids is 1. The highest BCUT2D eigenvalue weighted by atomic mass is 79.9. The van der Waals surface area contributed by atoms with Crippen molar-refractivity contribution < 1.29 is 10.0 Å². The molecular weight excluding hydrogens is 245 g/mol. The second-order valence-corrected chi connectivity index (χ2v) is 2.86. The molecule has 12 heavy (non-hydrogen) atoms. The van der Waals surface area contributed by atoms with Crippen LogP contribution >= 0.6 is 28.3 Å². The number of amides is 1. The summed E-state index contributed by atoms with van der Waals surface area (Å²) in [5.41, 5.74) is 1.97. The average molecular weight is 252 g/mol. The molecule has 0 atom stereocenters. The van der Waals surface area contributed by atoms with Gasteiger partial charge >= 0.3 is 0 Å². The Bertz CT molecular complexity index is 263. The van der Waals surface area contributed by atoms with E-state index in [0.717, 1.165) is 4.47 Å². The lowest BCUT2D eigenvalue weighted by Gasteiger charge is -1.96. The van der Waals surface area contributed by atoms with E-state index in [0.29, 0.717) is 5.56 Å². The van der Waals surface area contributed by atoms with Gasteiger partial charge in [-0.25, -0.2) is 5.48 Å². The standard InChI is InChI=1S/C7H6BrNO2.ClH/c8-6-3-1-5(2-4-6)7(10)9-11;/h1-4,11H,(H,9,10);1H. The topological polar surface area (TPSA) is 49.3 Å². The van der Waals surface area contributed by atoms with Crippen molar-refractivity contribution in [3.63, 3.8) is 0 Å². The molecule has 0 spiro atoms. The van der Waals surface area contributed by atoms with E-state index in [1.165, 1.54) is 0 Å². The Hall–Kier alpha value is -0.580. The molecule has 1 aromatic rings. The molecule has 0 aliphatic heterocycles. The number of nitrogens with one attached hydrogen (secondary N) is 1. The van der Waals surface area contributed by atoms with Crippen molar-refractivity contribution in [2.75, 3.05) is 0 Å². The molecule has 1 aromatic carbocycles. The average Bonchev–Trinajstić information content (AvgIpc) is 2.05. The second-order valence-electron chi connectivity index (χ2n) is 1.95. The van der Waals surface area contributed by atoms with Crippen molar-refractivity contribution in [3.05, 3.63) is 34.3 Å². The van der Waals surface area contributed by atoms with Crippen molar-refractivity contribution >= 4 is 34.2 Å². The van der Waals surface area contributed by atoms with Crippen LogP contribution in [0.1, 0.15) is 10.4 Å². The van der Waals surface area contributed by atoms with Gasteiger partial charge in [-0.3, -0.25) is 10.0 Å². The molecular formula is C7H7BrClNO2. The quantitative estimate of drug-likeness (QED) is 0.593. The molecule has 2 N–H and O–H groups in total. The summed E-state index contributed by atoms with van der Waals surface area (Å²) in [6.45, 7) is 0. The lowest BCUT2D eigenvalue weighted by Crippen LogP contribution is -2.18. The molecule has 1 rings (SSSR count). The molecule has 0 bridgehead atoms. The molecule has 66 valence electrons. The zero-order chi connectivity index (χ0) is 8.27. The van der Waals surface area contributed by atoms with Gasteiger partial charge < -0.3 is 0 Å². The van der Waals surface area contributed by atoms with E-state index in [1.54, 1.807) is 29.7 Å². The highest BCUT2D eigenvalue weighted by Gasteiger charge is 2.01. The largest absolute Gasteiger partial charge is 0.288 e. The predicted molar refractivity (Wildman–Crippen MR) is 50.6 cm³/mol. The number of carbonyl (C=O) groups is 1. The van der Waals surface area contributed by atoms with E-state index in [4.69, 9.17) is 5.21 Å². The zero-order valence-electron chi connectivity index (χ0n) is 5.95. The Kier molecular flexibility index (Phi) is 4.89. The number of halogens is 2. The summed E-state index contributed by atoms with van der Waals surface area (Å²) < 4.78 is 0.895. The predicted octanol–water partition coefficient (Wildman–Crippen LogP) is 1.99. The summed E-state index contributed by atoms with van der Waals surface area (Å²) >= 11 is 3.22. The van der Waals surface area contributed by atoms with Gasteiger partial charge in [-0.15, -0.1) is 12.4 Å². The molecule has 1 amide bonds. The van der Waals surface area contributed by atoms with Gasteiger partial charge in [0.15, 0.2) is 0 Å². The van der Waals surface area contributed by atoms with Crippen LogP contribution in [-0.2, 0) is 0 Å². The van der Waals surface area contributed by atoms with Crippen molar-refractivity contribution in [2.45, 2.75) is 0 Å². The smallest absolute Gasteiger partial charge is 0.274 e. The third-order valence-corrected chi connectivity index (χ3v) is 1.74. The van der Waals surface area contributed by atoms with Gasteiger partial charge in [-0.2, -0.15) is 0 Å². The summed E-state index contributed by atoms with van der Waals surface area (Å²) in [6, 6.07) is 6.67. The van der Waals surface area contributed by atoms with Crippen LogP contribution in [0.4, 0.5) is 0 Å². The monoisotopic (exact) mass is 251 g/mol. The Morgan fingerprint density at radius 2 is 1.83 bits per heavy atom. The van der Waals surface area contributed by atoms with Crippen molar-refractivity contribution in [3.8, 4) is 0 Å². The highest BCUT2D eigenvalue weighted by molar-refractivity contribution is 9.10. The first kappa shape index (κ1) is 11.4. The second kappa shape index (κ2) is 5.13. The van der Waals surface area contributed by atoms with Crippen LogP contribution in [0.15, 0.2) is 28.7 Å². The van der Waals surface area contributed by atoms with Crippen LogP contribution < -0.4 is 5.48 Å². The fraction of sp³-hybridized carbons (Fsp3) is 0. The molecule has 0 unspecified atom stereocenters. The maximum absolute atomic E-state index is 10.7. The van der Waals surface area contributed by atoms with Crippen LogP contribution in [0, 0.1) is 0 Å². The van der Waals surface area contributed by atoms with Crippen molar-refractivity contribution in [1.82, 2.24) is 5.48 Å². The minimum atomic E-state index is -0.502. The molecule has 0 radical (unpaired) electrons. The van der Waals surface area contributed by atoms with Gasteiger partial charge in [0, 0.05) is 10.0 Å². The zero-order valence-corrected chi connectivity index (χ0v) is 8.35. The number of hydrogen-bond acceptors (Lipinski definition) is 2. The summed E-state index contributed by atoms with van der Waals surface area (Å²) in [6.07, 6.45) is 0. The lowest BCUT2D eigenvalue weighted by molar-refractivity contribution is 0.0706. The molecule has 0 fully saturated rings. The first-order valence-electron chi connectivity index (χ1n) is 2.94. The molecule has 0 heterocycles. The fourth-order valence-electron chi connectivity index (χ4n) is 0.666. The van der Waals surface area contributed by atoms with E-state index < -0.39 is 5.91 Å². The first-order chi connectivity index (χ1) is 5.24. The van der Waals surface area contributed by atoms with Gasteiger partial charge in [0.1, 0.15) is 0 Å². The summed E-state index contributed by atoms with van der Waals surface area (Å²) in [5, 5.41) is 8.25. The Balaban J connectivity index is 0.00000121. The van der Waals surface area contributed by atoms with Gasteiger partial charge in [0.25, 0.3) is 5.91 Å². The van der Waals surface area contributed by atoms with Crippen LogP contribution in [0.25, 0.3) is 0 Å². The fourth-order valence-corrected chi connectivity index (χ4v) is 0.930. The third-order valence-electron chi connectivity index (χ3n) is 1.21. The van der Waals surface area contributed by atoms with Crippen LogP contribution in [-0.4, -0.2) is 11.1 Å². The minimum absolute atomic E-state index is 0. The molecule has 0 saturated carbocycles. The number of hydrogen-bond donors (Lipinski definition) is 2. The minimum Gasteiger partial charge on any atom is -0.288 e. The van der Waals surface area contributed by atoms with E-state index >= 15 is 0 Å². The van der Waals surface area contributed by atoms with Crippen molar-refractivity contribution in [2.24, 2.45) is 0 Å². The first-order valence-corrected chi connectivity index (χ1v) is 3.73. The normalized spacial score (nSPS) is 8.50. The molecule has 0 aliphatic rings. The molecule has 5 heteroatoms. The third kappa shape index (κ3) is 2.81. The molecule has 3 nitrogen and oxygen atoms in total. The van der Waals surface area contributed by atoms with Gasteiger partial charge in [-0.05, 0) is 24.3 Å². The lowest BCUT2D eigenvalue weighted by atomic mass is 10.2. The van der Waals surface area contributed by atoms with E-state index in [2.05, 4.69) is 15.9 Å². The van der Waals surface area contributed by atoms with Gasteiger partial charge in [0.05, 0.1) is 0 Å². The Morgan fingerprint density at radius 1 is 1.33 bits per heavy atom. The number of rotatable bonds is 1. The maximum atomic E-state index is 10.7. The molecule has 0 aliphatic carbocycles. The SMILES string of the molecule is Cl.O=C(NO)c1ccc(Br)cc1. The maximum Gasteiger partial charge on any atom is 0.274 e. The highest BCUT2D eigenvalue weighted by Crippen LogP contribution is 2.09. The summed E-state index contributed by atoms with van der Waals surface area (Å²) in [4.78, 5) is 10.7. The van der Waals surface area contributed by atoms with E-state index in [-0.39, 0.29) is 12.4 Å². The summed E-state index contributed by atoms with van der Waals surface area (Å²) in [7, 11) is 0. The number of hydroxylamine groups is 1. The van der Waals surface area contributed by atoms with Gasteiger partial charge in [-0.1, -0.05) is 15.9 Å². The van der Waals surface area contributed by atoms with Gasteiger partial charge in [0.2, 0.25) is 0 Å². The summed E-state index contributed by atoms with van der Waals surface area (Å²) in [5.74, 6) is -0.502. The van der Waals surface area contributed by atoms with Crippen LogP contribution in [0.3, 0.4) is 0 Å². The Morgan fingerprint density at radius 3 is 2.25 bits per heavy atom. The van der Waals surface area contributed by atoms with E-state index in [9.17, 15) is 4.79 Å². The molecule has 0 saturated heterocycles. The van der Waals surface area contributed by atoms with Crippen LogP contribution in [0.2, 0.25) is 0 Å². The van der Waals surface area contributed by atoms with Crippen LogP contribution in [0.5, 0.6) is 0 Å². The number of benzene rings is 1. The Labute approximate surface area is 84.3 Å². The van der Waals surface area contributed by atoms with E-state index in [1.807, 2.05) is 0 Å².